The van der Waals surface area contributed by atoms with Crippen LogP contribution in [0.1, 0.15) is 36.9 Å². The van der Waals surface area contributed by atoms with Gasteiger partial charge in [-0.3, -0.25) is 9.69 Å². The van der Waals surface area contributed by atoms with Crippen LogP contribution in [0.15, 0.2) is 18.2 Å². The molecule has 0 saturated heterocycles. The highest BCUT2D eigenvalue weighted by Gasteiger charge is 2.26. The lowest BCUT2D eigenvalue weighted by atomic mass is 9.86. The molecule has 1 amide bonds. The second kappa shape index (κ2) is 6.06. The summed E-state index contributed by atoms with van der Waals surface area (Å²) in [5.41, 5.74) is 2.21. The first kappa shape index (κ1) is 13.9. The van der Waals surface area contributed by atoms with Crippen molar-refractivity contribution in [3.63, 3.8) is 0 Å². The summed E-state index contributed by atoms with van der Waals surface area (Å²) >= 11 is 0. The van der Waals surface area contributed by atoms with Crippen LogP contribution in [-0.4, -0.2) is 36.1 Å². The van der Waals surface area contributed by atoms with E-state index in [0.717, 1.165) is 30.4 Å². The summed E-state index contributed by atoms with van der Waals surface area (Å²) in [5, 5.41) is 12.7. The molecule has 0 aromatic heterocycles. The van der Waals surface area contributed by atoms with Crippen LogP contribution >= 0.6 is 0 Å². The Morgan fingerprint density at radius 2 is 2.32 bits per heavy atom. The Labute approximate surface area is 114 Å². The lowest BCUT2D eigenvalue weighted by Crippen LogP contribution is -2.38. The second-order valence-electron chi connectivity index (χ2n) is 5.12. The van der Waals surface area contributed by atoms with Crippen molar-refractivity contribution < 1.29 is 9.90 Å². The van der Waals surface area contributed by atoms with Crippen molar-refractivity contribution in [2.45, 2.75) is 32.2 Å². The van der Waals surface area contributed by atoms with Crippen LogP contribution in [-0.2, 0) is 11.2 Å². The smallest absolute Gasteiger partial charge is 0.234 e. The quantitative estimate of drug-likeness (QED) is 0.870. The van der Waals surface area contributed by atoms with Crippen LogP contribution in [0.4, 0.5) is 0 Å². The van der Waals surface area contributed by atoms with E-state index >= 15 is 0 Å². The van der Waals surface area contributed by atoms with Crippen LogP contribution in [0.2, 0.25) is 0 Å². The van der Waals surface area contributed by atoms with Gasteiger partial charge in [0, 0.05) is 12.6 Å². The van der Waals surface area contributed by atoms with Crippen molar-refractivity contribution in [2.75, 3.05) is 20.1 Å². The van der Waals surface area contributed by atoms with E-state index in [4.69, 9.17) is 0 Å². The van der Waals surface area contributed by atoms with Crippen molar-refractivity contribution in [1.29, 1.82) is 0 Å². The van der Waals surface area contributed by atoms with E-state index in [0.29, 0.717) is 18.8 Å². The fourth-order valence-corrected chi connectivity index (χ4v) is 2.85. The molecule has 1 aromatic rings. The Bertz CT molecular complexity index is 459. The van der Waals surface area contributed by atoms with Gasteiger partial charge in [-0.1, -0.05) is 12.1 Å². The number of carbonyl (C=O) groups is 1. The first-order valence-corrected chi connectivity index (χ1v) is 6.91. The molecule has 1 atom stereocenters. The maximum Gasteiger partial charge on any atom is 0.234 e. The fraction of sp³-hybridized carbons (Fsp3) is 0.533. The average molecular weight is 262 g/mol. The summed E-state index contributed by atoms with van der Waals surface area (Å²) in [6, 6.07) is 5.91. The standard InChI is InChI=1S/C15H22N2O2/c1-3-16-15(19)10-17(2)13-8-4-7-12-11(13)6-5-9-14(12)18/h5-6,9,13,18H,3-4,7-8,10H2,1-2H3,(H,16,19). The molecule has 4 nitrogen and oxygen atoms in total. The normalized spacial score (nSPS) is 18.2. The molecule has 104 valence electrons. The zero-order valence-electron chi connectivity index (χ0n) is 11.6. The van der Waals surface area contributed by atoms with Crippen molar-refractivity contribution in [3.05, 3.63) is 29.3 Å². The van der Waals surface area contributed by atoms with Gasteiger partial charge in [0.05, 0.1) is 6.54 Å². The third-order valence-electron chi connectivity index (χ3n) is 3.75. The summed E-state index contributed by atoms with van der Waals surface area (Å²) in [7, 11) is 1.97. The van der Waals surface area contributed by atoms with Crippen molar-refractivity contribution in [2.24, 2.45) is 0 Å². The SMILES string of the molecule is CCNC(=O)CN(C)C1CCCc2c(O)cccc21. The Kier molecular flexibility index (Phi) is 4.43. The number of rotatable bonds is 4. The topological polar surface area (TPSA) is 52.6 Å². The van der Waals surface area contributed by atoms with Crippen LogP contribution < -0.4 is 5.32 Å². The molecule has 1 unspecified atom stereocenters. The molecule has 4 heteroatoms. The minimum Gasteiger partial charge on any atom is -0.508 e. The van der Waals surface area contributed by atoms with Crippen LogP contribution in [0.5, 0.6) is 5.75 Å². The number of hydrogen-bond donors (Lipinski definition) is 2. The Morgan fingerprint density at radius 3 is 3.05 bits per heavy atom. The van der Waals surface area contributed by atoms with Crippen molar-refractivity contribution in [3.8, 4) is 5.75 Å². The van der Waals surface area contributed by atoms with Crippen LogP contribution in [0, 0.1) is 0 Å². The highest BCUT2D eigenvalue weighted by atomic mass is 16.3. The summed E-state index contributed by atoms with van der Waals surface area (Å²) in [5.74, 6) is 0.436. The lowest BCUT2D eigenvalue weighted by molar-refractivity contribution is -0.122. The molecule has 1 aliphatic carbocycles. The number of nitrogens with one attached hydrogen (secondary N) is 1. The van der Waals surface area contributed by atoms with Gasteiger partial charge < -0.3 is 10.4 Å². The number of amides is 1. The first-order chi connectivity index (χ1) is 9.13. The molecule has 0 heterocycles. The number of likely N-dealkylation sites (N-methyl/N-ethyl adjacent to an activating group) is 2. The van der Waals surface area contributed by atoms with Gasteiger partial charge in [-0.25, -0.2) is 0 Å². The molecule has 2 N–H and O–H groups in total. The number of carbonyl (C=O) groups excluding carboxylic acids is 1. The molecule has 0 spiro atoms. The van der Waals surface area contributed by atoms with Crippen molar-refractivity contribution >= 4 is 5.91 Å². The Balaban J connectivity index is 2.14. The van der Waals surface area contributed by atoms with Gasteiger partial charge in [-0.2, -0.15) is 0 Å². The van der Waals surface area contributed by atoms with Gasteiger partial charge in [-0.15, -0.1) is 0 Å². The van der Waals surface area contributed by atoms with E-state index in [9.17, 15) is 9.90 Å². The second-order valence-corrected chi connectivity index (χ2v) is 5.12. The largest absolute Gasteiger partial charge is 0.508 e. The molecule has 0 fully saturated rings. The molecule has 1 aliphatic rings. The minimum absolute atomic E-state index is 0.0530. The monoisotopic (exact) mass is 262 g/mol. The van der Waals surface area contributed by atoms with E-state index < -0.39 is 0 Å². The van der Waals surface area contributed by atoms with Crippen LogP contribution in [0.3, 0.4) is 0 Å². The maximum absolute atomic E-state index is 11.7. The van der Waals surface area contributed by atoms with Gasteiger partial charge in [0.2, 0.25) is 5.91 Å². The van der Waals surface area contributed by atoms with E-state index in [1.165, 1.54) is 0 Å². The Morgan fingerprint density at radius 1 is 1.53 bits per heavy atom. The molecule has 1 aromatic carbocycles. The molecule has 0 aliphatic heterocycles. The number of hydrogen-bond acceptors (Lipinski definition) is 3. The summed E-state index contributed by atoms with van der Waals surface area (Å²) < 4.78 is 0. The number of aromatic hydroxyl groups is 1. The molecule has 2 rings (SSSR count). The van der Waals surface area contributed by atoms with Crippen molar-refractivity contribution in [1.82, 2.24) is 10.2 Å². The van der Waals surface area contributed by atoms with Gasteiger partial charge in [-0.05, 0) is 50.4 Å². The number of phenolic OH excluding ortho intramolecular Hbond substituents is 1. The van der Waals surface area contributed by atoms with Gasteiger partial charge in [0.25, 0.3) is 0 Å². The third-order valence-corrected chi connectivity index (χ3v) is 3.75. The molecule has 19 heavy (non-hydrogen) atoms. The summed E-state index contributed by atoms with van der Waals surface area (Å²) in [4.78, 5) is 13.7. The van der Waals surface area contributed by atoms with Gasteiger partial charge in [0.15, 0.2) is 0 Å². The number of phenols is 1. The summed E-state index contributed by atoms with van der Waals surface area (Å²) in [6.07, 6.45) is 3.01. The van der Waals surface area contributed by atoms with Gasteiger partial charge in [0.1, 0.15) is 5.75 Å². The van der Waals surface area contributed by atoms with E-state index in [2.05, 4.69) is 16.3 Å². The fourth-order valence-electron chi connectivity index (χ4n) is 2.85. The number of fused-ring (bicyclic) bond motifs is 1. The van der Waals surface area contributed by atoms with E-state index in [1.807, 2.05) is 20.0 Å². The average Bonchev–Trinajstić information content (AvgIpc) is 2.38. The first-order valence-electron chi connectivity index (χ1n) is 6.91. The maximum atomic E-state index is 11.7. The number of nitrogens with zero attached hydrogens (tertiary/aromatic N) is 1. The molecule has 0 saturated carbocycles. The zero-order valence-corrected chi connectivity index (χ0v) is 11.6. The number of benzene rings is 1. The highest BCUT2D eigenvalue weighted by Crippen LogP contribution is 2.37. The van der Waals surface area contributed by atoms with E-state index in [1.54, 1.807) is 6.07 Å². The Hall–Kier alpha value is -1.55. The molecular weight excluding hydrogens is 240 g/mol. The molecule has 0 radical (unpaired) electrons. The molecule has 0 bridgehead atoms. The predicted octanol–water partition coefficient (Wildman–Crippen LogP) is 1.84. The lowest BCUT2D eigenvalue weighted by Gasteiger charge is -2.33. The highest BCUT2D eigenvalue weighted by molar-refractivity contribution is 5.78. The molecular formula is C15H22N2O2. The summed E-state index contributed by atoms with van der Waals surface area (Å²) in [6.45, 7) is 2.98. The zero-order chi connectivity index (χ0) is 13.8. The van der Waals surface area contributed by atoms with E-state index in [-0.39, 0.29) is 11.9 Å². The minimum atomic E-state index is 0.0530. The third kappa shape index (κ3) is 3.07. The van der Waals surface area contributed by atoms with Gasteiger partial charge >= 0.3 is 0 Å². The van der Waals surface area contributed by atoms with Crippen LogP contribution in [0.25, 0.3) is 0 Å². The predicted molar refractivity (Wildman–Crippen MR) is 75.1 cm³/mol.